The van der Waals surface area contributed by atoms with Gasteiger partial charge in [-0.15, -0.1) is 0 Å². The number of alkyl halides is 4. The Kier molecular flexibility index (Phi) is 5.28. The summed E-state index contributed by atoms with van der Waals surface area (Å²) in [5.74, 6) is 0.359. The summed E-state index contributed by atoms with van der Waals surface area (Å²) in [5.41, 5.74) is -0.835. The zero-order valence-corrected chi connectivity index (χ0v) is 12.3. The second-order valence-electron chi connectivity index (χ2n) is 4.02. The fraction of sp³-hybridized carbons (Fsp3) is 0.545. The minimum absolute atomic E-state index is 0.00884. The summed E-state index contributed by atoms with van der Waals surface area (Å²) in [5, 5.41) is 0.00884. The maximum absolute atomic E-state index is 12.4. The van der Waals surface area contributed by atoms with Crippen molar-refractivity contribution >= 4 is 33.3 Å². The number of rotatable bonds is 4. The van der Waals surface area contributed by atoms with Crippen LogP contribution in [0.15, 0.2) is 12.3 Å². The molecule has 18 heavy (non-hydrogen) atoms. The van der Waals surface area contributed by atoms with Crippen LogP contribution in [0.4, 0.5) is 19.0 Å². The molecule has 0 spiro atoms. The number of anilines is 1. The molecule has 0 bridgehead atoms. The van der Waals surface area contributed by atoms with Crippen molar-refractivity contribution < 1.29 is 13.2 Å². The normalized spacial score (nSPS) is 13.5. The van der Waals surface area contributed by atoms with Crippen molar-refractivity contribution in [2.24, 2.45) is 0 Å². The van der Waals surface area contributed by atoms with E-state index in [1.807, 2.05) is 6.92 Å². The number of hydrogen-bond acceptors (Lipinski definition) is 2. The molecule has 1 aromatic heterocycles. The topological polar surface area (TPSA) is 16.1 Å². The average Bonchev–Trinajstić information content (AvgIpc) is 2.24. The number of halogens is 5. The maximum atomic E-state index is 12.4. The molecule has 0 N–H and O–H groups in total. The van der Waals surface area contributed by atoms with Crippen molar-refractivity contribution in [1.29, 1.82) is 0 Å². The predicted molar refractivity (Wildman–Crippen MR) is 70.5 cm³/mol. The van der Waals surface area contributed by atoms with Crippen LogP contribution >= 0.6 is 27.5 Å². The highest BCUT2D eigenvalue weighted by Crippen LogP contribution is 2.33. The van der Waals surface area contributed by atoms with Gasteiger partial charge < -0.3 is 4.90 Å². The van der Waals surface area contributed by atoms with Crippen molar-refractivity contribution in [3.05, 3.63) is 22.8 Å². The molecule has 1 aromatic rings. The first-order valence-corrected chi connectivity index (χ1v) is 6.59. The van der Waals surface area contributed by atoms with Crippen LogP contribution in [0.2, 0.25) is 5.02 Å². The van der Waals surface area contributed by atoms with E-state index in [1.165, 1.54) is 0 Å². The number of aromatic nitrogens is 1. The van der Waals surface area contributed by atoms with Gasteiger partial charge in [0.2, 0.25) is 0 Å². The maximum Gasteiger partial charge on any atom is 0.417 e. The van der Waals surface area contributed by atoms with Gasteiger partial charge in [0, 0.05) is 24.6 Å². The quantitative estimate of drug-likeness (QED) is 0.754. The number of nitrogens with zero attached hydrogens (tertiary/aromatic N) is 2. The van der Waals surface area contributed by atoms with Gasteiger partial charge in [-0.1, -0.05) is 34.5 Å². The molecule has 2 nitrogen and oxygen atoms in total. The zero-order chi connectivity index (χ0) is 13.9. The van der Waals surface area contributed by atoms with Gasteiger partial charge in [-0.3, -0.25) is 0 Å². The molecule has 0 radical (unpaired) electrons. The molecular weight excluding hydrogens is 332 g/mol. The third-order valence-electron chi connectivity index (χ3n) is 2.37. The average molecular weight is 346 g/mol. The Labute approximate surface area is 117 Å². The predicted octanol–water partition coefficient (Wildman–Crippen LogP) is 4.36. The first kappa shape index (κ1) is 15.6. The van der Waals surface area contributed by atoms with Gasteiger partial charge in [-0.25, -0.2) is 4.98 Å². The van der Waals surface area contributed by atoms with E-state index in [4.69, 9.17) is 11.6 Å². The highest BCUT2D eigenvalue weighted by Gasteiger charge is 2.31. The monoisotopic (exact) mass is 344 g/mol. The van der Waals surface area contributed by atoms with E-state index in [9.17, 15) is 13.2 Å². The van der Waals surface area contributed by atoms with E-state index in [1.54, 1.807) is 11.9 Å². The van der Waals surface area contributed by atoms with Crippen LogP contribution in [-0.4, -0.2) is 23.4 Å². The first-order chi connectivity index (χ1) is 8.21. The number of pyridine rings is 1. The van der Waals surface area contributed by atoms with Gasteiger partial charge in [0.1, 0.15) is 5.82 Å². The third kappa shape index (κ3) is 4.31. The van der Waals surface area contributed by atoms with E-state index >= 15 is 0 Å². The lowest BCUT2D eigenvalue weighted by atomic mass is 10.2. The fourth-order valence-corrected chi connectivity index (χ4v) is 1.86. The standard InChI is InChI=1S/C11H13BrClF3N2/c1-7(12)3-4-18(2)10-9(13)5-8(6-17-10)11(14,15)16/h5-7H,3-4H2,1-2H3. The highest BCUT2D eigenvalue weighted by molar-refractivity contribution is 9.09. The van der Waals surface area contributed by atoms with Crippen molar-refractivity contribution in [3.8, 4) is 0 Å². The van der Waals surface area contributed by atoms with Crippen molar-refractivity contribution in [3.63, 3.8) is 0 Å². The molecule has 0 aromatic carbocycles. The molecule has 102 valence electrons. The lowest BCUT2D eigenvalue weighted by Gasteiger charge is -2.20. The van der Waals surface area contributed by atoms with Gasteiger partial charge in [-0.05, 0) is 12.5 Å². The van der Waals surface area contributed by atoms with E-state index in [-0.39, 0.29) is 5.02 Å². The van der Waals surface area contributed by atoms with E-state index in [0.717, 1.165) is 18.7 Å². The molecule has 0 aliphatic rings. The van der Waals surface area contributed by atoms with E-state index in [2.05, 4.69) is 20.9 Å². The largest absolute Gasteiger partial charge is 0.417 e. The van der Waals surface area contributed by atoms with Gasteiger partial charge in [0.05, 0.1) is 10.6 Å². The van der Waals surface area contributed by atoms with Crippen LogP contribution < -0.4 is 4.90 Å². The molecule has 1 atom stereocenters. The Bertz CT molecular complexity index is 410. The highest BCUT2D eigenvalue weighted by atomic mass is 79.9. The smallest absolute Gasteiger partial charge is 0.358 e. The minimum Gasteiger partial charge on any atom is -0.358 e. The second kappa shape index (κ2) is 6.10. The van der Waals surface area contributed by atoms with E-state index in [0.29, 0.717) is 17.2 Å². The molecule has 0 fully saturated rings. The second-order valence-corrected chi connectivity index (χ2v) is 5.99. The summed E-state index contributed by atoms with van der Waals surface area (Å²) in [4.78, 5) is 5.84. The zero-order valence-electron chi connectivity index (χ0n) is 9.93. The lowest BCUT2D eigenvalue weighted by Crippen LogP contribution is -2.22. The summed E-state index contributed by atoms with van der Waals surface area (Å²) >= 11 is 9.23. The Morgan fingerprint density at radius 3 is 2.56 bits per heavy atom. The molecule has 7 heteroatoms. The minimum atomic E-state index is -4.42. The summed E-state index contributed by atoms with van der Waals surface area (Å²) < 4.78 is 37.3. The van der Waals surface area contributed by atoms with Crippen LogP contribution in [0.3, 0.4) is 0 Å². The molecule has 1 heterocycles. The van der Waals surface area contributed by atoms with Crippen LogP contribution in [0.25, 0.3) is 0 Å². The molecule has 0 saturated carbocycles. The van der Waals surface area contributed by atoms with Gasteiger partial charge in [0.15, 0.2) is 0 Å². The molecule has 0 amide bonds. The Balaban J connectivity index is 2.85. The summed E-state index contributed by atoms with van der Waals surface area (Å²) in [6.07, 6.45) is -2.77. The third-order valence-corrected chi connectivity index (χ3v) is 3.11. The Morgan fingerprint density at radius 2 is 2.11 bits per heavy atom. The summed E-state index contributed by atoms with van der Waals surface area (Å²) in [7, 11) is 1.75. The van der Waals surface area contributed by atoms with Gasteiger partial charge in [-0.2, -0.15) is 13.2 Å². The summed E-state index contributed by atoms with van der Waals surface area (Å²) in [6.45, 7) is 2.65. The SMILES string of the molecule is CC(Br)CCN(C)c1ncc(C(F)(F)F)cc1Cl. The van der Waals surface area contributed by atoms with Crippen LogP contribution in [0.5, 0.6) is 0 Å². The van der Waals surface area contributed by atoms with Gasteiger partial charge >= 0.3 is 6.18 Å². The van der Waals surface area contributed by atoms with Crippen molar-refractivity contribution in [2.45, 2.75) is 24.3 Å². The van der Waals surface area contributed by atoms with Gasteiger partial charge in [0.25, 0.3) is 0 Å². The molecular formula is C11H13BrClF3N2. The molecule has 0 saturated heterocycles. The number of hydrogen-bond donors (Lipinski definition) is 0. The van der Waals surface area contributed by atoms with Crippen LogP contribution in [-0.2, 0) is 6.18 Å². The molecule has 1 rings (SSSR count). The van der Waals surface area contributed by atoms with Crippen molar-refractivity contribution in [1.82, 2.24) is 4.98 Å². The first-order valence-electron chi connectivity index (χ1n) is 5.29. The van der Waals surface area contributed by atoms with Crippen LogP contribution in [0, 0.1) is 0 Å². The molecule has 0 aliphatic heterocycles. The van der Waals surface area contributed by atoms with Crippen molar-refractivity contribution in [2.75, 3.05) is 18.5 Å². The summed E-state index contributed by atoms with van der Waals surface area (Å²) in [6, 6.07) is 0.901. The van der Waals surface area contributed by atoms with Crippen LogP contribution in [0.1, 0.15) is 18.9 Å². The van der Waals surface area contributed by atoms with E-state index < -0.39 is 11.7 Å². The lowest BCUT2D eigenvalue weighted by molar-refractivity contribution is -0.137. The molecule has 1 unspecified atom stereocenters. The fourth-order valence-electron chi connectivity index (χ4n) is 1.34. The Hall–Kier alpha value is -0.490. The molecule has 0 aliphatic carbocycles. The Morgan fingerprint density at radius 1 is 1.50 bits per heavy atom.